The van der Waals surface area contributed by atoms with E-state index < -0.39 is 17.9 Å². The predicted molar refractivity (Wildman–Crippen MR) is 85.0 cm³/mol. The van der Waals surface area contributed by atoms with Crippen LogP contribution in [-0.4, -0.2) is 32.8 Å². The molecule has 0 saturated carbocycles. The van der Waals surface area contributed by atoms with Crippen molar-refractivity contribution in [2.24, 2.45) is 5.92 Å². The molecule has 0 unspecified atom stereocenters. The molecule has 0 aliphatic heterocycles. The number of rotatable bonds is 5. The topological polar surface area (TPSA) is 84.2 Å². The molecule has 7 heteroatoms. The first-order valence-electron chi connectivity index (χ1n) is 6.72. The molecule has 0 aliphatic rings. The van der Waals surface area contributed by atoms with Crippen molar-refractivity contribution in [3.8, 4) is 5.69 Å². The summed E-state index contributed by atoms with van der Waals surface area (Å²) in [4.78, 5) is 23.3. The van der Waals surface area contributed by atoms with Gasteiger partial charge in [-0.15, -0.1) is 0 Å². The van der Waals surface area contributed by atoms with E-state index in [0.717, 1.165) is 10.2 Å². The number of nitrogens with zero attached hydrogens (tertiary/aromatic N) is 2. The lowest BCUT2D eigenvalue weighted by Crippen LogP contribution is -2.44. The van der Waals surface area contributed by atoms with Gasteiger partial charge in [0.1, 0.15) is 6.04 Å². The van der Waals surface area contributed by atoms with Crippen molar-refractivity contribution < 1.29 is 14.7 Å². The predicted octanol–water partition coefficient (Wildman–Crippen LogP) is 2.47. The fourth-order valence-corrected chi connectivity index (χ4v) is 2.33. The standard InChI is InChI=1S/C15H16BrN3O3/c1-9(2)13(15(21)22)18-14(20)10-7-17-19(8-10)12-5-3-4-11(16)6-12/h3-9,13H,1-2H3,(H,18,20)(H,21,22)/t13-/m1/s1. The van der Waals surface area contributed by atoms with Gasteiger partial charge in [0.05, 0.1) is 17.4 Å². The third-order valence-corrected chi connectivity index (χ3v) is 3.63. The number of carbonyl (C=O) groups excluding carboxylic acids is 1. The van der Waals surface area contributed by atoms with Crippen molar-refractivity contribution in [3.63, 3.8) is 0 Å². The molecule has 2 aromatic rings. The highest BCUT2D eigenvalue weighted by Crippen LogP contribution is 2.15. The van der Waals surface area contributed by atoms with Crippen LogP contribution in [0.5, 0.6) is 0 Å². The molecule has 1 aromatic heterocycles. The molecule has 2 N–H and O–H groups in total. The van der Waals surface area contributed by atoms with Crippen LogP contribution in [0.1, 0.15) is 24.2 Å². The number of carboxylic acids is 1. The number of carboxylic acid groups (broad SMARTS) is 1. The highest BCUT2D eigenvalue weighted by molar-refractivity contribution is 9.10. The lowest BCUT2D eigenvalue weighted by Gasteiger charge is -2.17. The van der Waals surface area contributed by atoms with Crippen LogP contribution in [-0.2, 0) is 4.79 Å². The minimum atomic E-state index is -1.05. The smallest absolute Gasteiger partial charge is 0.326 e. The van der Waals surface area contributed by atoms with Gasteiger partial charge in [0.15, 0.2) is 0 Å². The molecule has 0 saturated heterocycles. The lowest BCUT2D eigenvalue weighted by molar-refractivity contribution is -0.140. The maximum atomic E-state index is 12.1. The van der Waals surface area contributed by atoms with Crippen LogP contribution in [0, 0.1) is 5.92 Å². The Hall–Kier alpha value is -2.15. The Kier molecular flexibility index (Phi) is 4.97. The number of nitrogens with one attached hydrogen (secondary N) is 1. The van der Waals surface area contributed by atoms with Crippen molar-refractivity contribution in [2.45, 2.75) is 19.9 Å². The summed E-state index contributed by atoms with van der Waals surface area (Å²) >= 11 is 3.37. The van der Waals surface area contributed by atoms with Crippen molar-refractivity contribution in [1.29, 1.82) is 0 Å². The first-order chi connectivity index (χ1) is 10.4. The summed E-state index contributed by atoms with van der Waals surface area (Å²) < 4.78 is 2.46. The summed E-state index contributed by atoms with van der Waals surface area (Å²) in [5.74, 6) is -1.72. The zero-order valence-electron chi connectivity index (χ0n) is 12.2. The second-order valence-electron chi connectivity index (χ2n) is 5.19. The lowest BCUT2D eigenvalue weighted by atomic mass is 10.0. The van der Waals surface area contributed by atoms with Gasteiger partial charge in [-0.1, -0.05) is 35.8 Å². The number of carbonyl (C=O) groups is 2. The first kappa shape index (κ1) is 16.2. The number of amides is 1. The van der Waals surface area contributed by atoms with Gasteiger partial charge in [-0.05, 0) is 24.1 Å². The van der Waals surface area contributed by atoms with Crippen LogP contribution in [0.2, 0.25) is 0 Å². The molecular formula is C15H16BrN3O3. The quantitative estimate of drug-likeness (QED) is 0.852. The van der Waals surface area contributed by atoms with E-state index in [1.807, 2.05) is 24.3 Å². The minimum absolute atomic E-state index is 0.207. The first-order valence-corrected chi connectivity index (χ1v) is 7.52. The van der Waals surface area contributed by atoms with Crippen molar-refractivity contribution in [2.75, 3.05) is 0 Å². The molecule has 1 heterocycles. The largest absolute Gasteiger partial charge is 0.480 e. The number of halogens is 1. The highest BCUT2D eigenvalue weighted by atomic mass is 79.9. The Morgan fingerprint density at radius 2 is 2.09 bits per heavy atom. The van der Waals surface area contributed by atoms with E-state index in [4.69, 9.17) is 5.11 Å². The average molecular weight is 366 g/mol. The molecule has 0 spiro atoms. The van der Waals surface area contributed by atoms with Crippen LogP contribution in [0.3, 0.4) is 0 Å². The summed E-state index contributed by atoms with van der Waals surface area (Å²) in [5.41, 5.74) is 1.11. The SMILES string of the molecule is CC(C)[C@@H](NC(=O)c1cnn(-c2cccc(Br)c2)c1)C(=O)O. The average Bonchev–Trinajstić information content (AvgIpc) is 2.93. The van der Waals surface area contributed by atoms with E-state index in [2.05, 4.69) is 26.3 Å². The fourth-order valence-electron chi connectivity index (χ4n) is 1.94. The van der Waals surface area contributed by atoms with Gasteiger partial charge >= 0.3 is 5.97 Å². The van der Waals surface area contributed by atoms with Gasteiger partial charge in [0.2, 0.25) is 0 Å². The van der Waals surface area contributed by atoms with Gasteiger partial charge in [0, 0.05) is 10.7 Å². The molecule has 2 rings (SSSR count). The second-order valence-corrected chi connectivity index (χ2v) is 6.10. The van der Waals surface area contributed by atoms with Crippen LogP contribution >= 0.6 is 15.9 Å². The summed E-state index contributed by atoms with van der Waals surface area (Å²) in [6, 6.07) is 6.54. The van der Waals surface area contributed by atoms with E-state index in [9.17, 15) is 9.59 Å². The molecule has 1 aromatic carbocycles. The minimum Gasteiger partial charge on any atom is -0.480 e. The molecule has 0 radical (unpaired) electrons. The molecule has 116 valence electrons. The second kappa shape index (κ2) is 6.74. The Labute approximate surface area is 136 Å². The zero-order chi connectivity index (χ0) is 16.3. The fraction of sp³-hybridized carbons (Fsp3) is 0.267. The van der Waals surface area contributed by atoms with E-state index in [1.54, 1.807) is 24.7 Å². The molecule has 0 aliphatic carbocycles. The monoisotopic (exact) mass is 365 g/mol. The Morgan fingerprint density at radius 1 is 1.36 bits per heavy atom. The van der Waals surface area contributed by atoms with Gasteiger partial charge in [-0.25, -0.2) is 9.48 Å². The highest BCUT2D eigenvalue weighted by Gasteiger charge is 2.24. The maximum Gasteiger partial charge on any atom is 0.326 e. The molecule has 1 atom stereocenters. The van der Waals surface area contributed by atoms with Crippen LogP contribution in [0.4, 0.5) is 0 Å². The van der Waals surface area contributed by atoms with Gasteiger partial charge in [-0.3, -0.25) is 4.79 Å². The number of benzene rings is 1. The number of hydrogen-bond donors (Lipinski definition) is 2. The van der Waals surface area contributed by atoms with Crippen molar-refractivity contribution in [1.82, 2.24) is 15.1 Å². The normalized spacial score (nSPS) is 12.2. The van der Waals surface area contributed by atoms with Crippen LogP contribution in [0.15, 0.2) is 41.1 Å². The number of hydrogen-bond acceptors (Lipinski definition) is 3. The molecular weight excluding hydrogens is 350 g/mol. The third-order valence-electron chi connectivity index (χ3n) is 3.14. The molecule has 22 heavy (non-hydrogen) atoms. The van der Waals surface area contributed by atoms with E-state index in [1.165, 1.54) is 6.20 Å². The molecule has 1 amide bonds. The number of aromatic nitrogens is 2. The maximum absolute atomic E-state index is 12.1. The Balaban J connectivity index is 2.17. The van der Waals surface area contributed by atoms with Crippen LogP contribution < -0.4 is 5.32 Å². The van der Waals surface area contributed by atoms with Gasteiger partial charge in [-0.2, -0.15) is 5.10 Å². The molecule has 6 nitrogen and oxygen atoms in total. The Morgan fingerprint density at radius 3 is 2.68 bits per heavy atom. The van der Waals surface area contributed by atoms with E-state index >= 15 is 0 Å². The van der Waals surface area contributed by atoms with Gasteiger partial charge in [0.25, 0.3) is 5.91 Å². The number of aliphatic carboxylic acids is 1. The van der Waals surface area contributed by atoms with Crippen molar-refractivity contribution in [3.05, 3.63) is 46.7 Å². The summed E-state index contributed by atoms with van der Waals surface area (Å²) in [6.45, 7) is 3.48. The Bertz CT molecular complexity index is 697. The summed E-state index contributed by atoms with van der Waals surface area (Å²) in [5, 5.41) is 15.8. The van der Waals surface area contributed by atoms with Crippen LogP contribution in [0.25, 0.3) is 5.69 Å². The van der Waals surface area contributed by atoms with Crippen molar-refractivity contribution >= 4 is 27.8 Å². The van der Waals surface area contributed by atoms with E-state index in [0.29, 0.717) is 5.56 Å². The zero-order valence-corrected chi connectivity index (χ0v) is 13.7. The third kappa shape index (κ3) is 3.73. The molecule has 0 fully saturated rings. The summed E-state index contributed by atoms with van der Waals surface area (Å²) in [7, 11) is 0. The van der Waals surface area contributed by atoms with E-state index in [-0.39, 0.29) is 5.92 Å². The summed E-state index contributed by atoms with van der Waals surface area (Å²) in [6.07, 6.45) is 2.98. The van der Waals surface area contributed by atoms with Gasteiger partial charge < -0.3 is 10.4 Å². The molecule has 0 bridgehead atoms.